The van der Waals surface area contributed by atoms with Crippen LogP contribution < -0.4 is 10.6 Å². The Kier molecular flexibility index (Phi) is 8.23. The van der Waals surface area contributed by atoms with E-state index in [0.717, 1.165) is 12.1 Å². The molecule has 0 unspecified atom stereocenters. The van der Waals surface area contributed by atoms with E-state index in [4.69, 9.17) is 20.3 Å². The topological polar surface area (TPSA) is 85.0 Å². The predicted molar refractivity (Wildman–Crippen MR) is 82.6 cm³/mol. The molecular formula is C15H24N2O4. The van der Waals surface area contributed by atoms with E-state index in [-0.39, 0.29) is 6.42 Å². The smallest absolute Gasteiger partial charge is 0.305 e. The van der Waals surface area contributed by atoms with Crippen LogP contribution in [0, 0.1) is 0 Å². The minimum atomic E-state index is -0.814. The van der Waals surface area contributed by atoms with Crippen LogP contribution in [0.4, 0.5) is 11.4 Å². The number of carbonyl (C=O) groups is 1. The predicted octanol–water partition coefficient (Wildman–Crippen LogP) is 1.60. The quantitative estimate of drug-likeness (QED) is 0.476. The molecule has 1 aromatic carbocycles. The Morgan fingerprint density at radius 3 is 2.67 bits per heavy atom. The lowest BCUT2D eigenvalue weighted by atomic mass is 10.2. The van der Waals surface area contributed by atoms with Crippen molar-refractivity contribution in [3.8, 4) is 0 Å². The molecule has 0 aromatic heterocycles. The second-order valence-electron chi connectivity index (χ2n) is 4.65. The number of methoxy groups -OCH3 is 1. The monoisotopic (exact) mass is 296 g/mol. The lowest BCUT2D eigenvalue weighted by Gasteiger charge is -2.25. The Bertz CT molecular complexity index is 426. The van der Waals surface area contributed by atoms with Crippen molar-refractivity contribution in [1.82, 2.24) is 0 Å². The average molecular weight is 296 g/mol. The van der Waals surface area contributed by atoms with E-state index in [0.29, 0.717) is 38.6 Å². The molecular weight excluding hydrogens is 272 g/mol. The third kappa shape index (κ3) is 6.97. The van der Waals surface area contributed by atoms with E-state index in [1.54, 1.807) is 7.11 Å². The molecule has 0 atom stereocenters. The van der Waals surface area contributed by atoms with Crippen LogP contribution in [0.5, 0.6) is 0 Å². The number of hydrogen-bond acceptors (Lipinski definition) is 5. The summed E-state index contributed by atoms with van der Waals surface area (Å²) in [6.07, 6.45) is 0.885. The number of nitrogen functional groups attached to an aromatic ring is 1. The standard InChI is InChI=1S/C15H24N2O4/c1-20-11-12-21-10-4-8-17(9-7-15(18)19)14-6-3-2-5-13(14)16/h2-3,5-6H,4,7-12,16H2,1H3,(H,18,19). The highest BCUT2D eigenvalue weighted by Crippen LogP contribution is 2.22. The van der Waals surface area contributed by atoms with Gasteiger partial charge in [-0.25, -0.2) is 0 Å². The van der Waals surface area contributed by atoms with E-state index in [9.17, 15) is 4.79 Å². The van der Waals surface area contributed by atoms with E-state index < -0.39 is 5.97 Å². The Hall–Kier alpha value is -1.79. The Morgan fingerprint density at radius 2 is 2.00 bits per heavy atom. The molecule has 0 spiro atoms. The van der Waals surface area contributed by atoms with Gasteiger partial charge in [-0.15, -0.1) is 0 Å². The summed E-state index contributed by atoms with van der Waals surface area (Å²) >= 11 is 0. The van der Waals surface area contributed by atoms with Gasteiger partial charge in [0, 0.05) is 26.8 Å². The summed E-state index contributed by atoms with van der Waals surface area (Å²) in [5.74, 6) is -0.814. The zero-order valence-corrected chi connectivity index (χ0v) is 12.5. The first kappa shape index (κ1) is 17.3. The Morgan fingerprint density at radius 1 is 1.24 bits per heavy atom. The Balaban J connectivity index is 2.49. The molecule has 21 heavy (non-hydrogen) atoms. The van der Waals surface area contributed by atoms with Gasteiger partial charge in [0.1, 0.15) is 0 Å². The van der Waals surface area contributed by atoms with Gasteiger partial charge < -0.3 is 25.2 Å². The van der Waals surface area contributed by atoms with Gasteiger partial charge in [-0.1, -0.05) is 12.1 Å². The van der Waals surface area contributed by atoms with Gasteiger partial charge in [0.2, 0.25) is 0 Å². The van der Waals surface area contributed by atoms with Crippen molar-refractivity contribution >= 4 is 17.3 Å². The molecule has 0 aliphatic heterocycles. The van der Waals surface area contributed by atoms with Crippen LogP contribution in [0.2, 0.25) is 0 Å². The molecule has 1 rings (SSSR count). The van der Waals surface area contributed by atoms with E-state index in [1.165, 1.54) is 0 Å². The number of benzene rings is 1. The summed E-state index contributed by atoms with van der Waals surface area (Å²) in [5.41, 5.74) is 7.49. The van der Waals surface area contributed by atoms with Gasteiger partial charge >= 0.3 is 5.97 Å². The fourth-order valence-corrected chi connectivity index (χ4v) is 1.96. The summed E-state index contributed by atoms with van der Waals surface area (Å²) in [6.45, 7) is 2.89. The van der Waals surface area contributed by atoms with Crippen LogP contribution in [-0.4, -0.2) is 51.1 Å². The molecule has 6 nitrogen and oxygen atoms in total. The number of para-hydroxylation sites is 2. The largest absolute Gasteiger partial charge is 0.481 e. The summed E-state index contributed by atoms with van der Waals surface area (Å²) in [7, 11) is 1.63. The van der Waals surface area contributed by atoms with Gasteiger partial charge in [-0.2, -0.15) is 0 Å². The number of rotatable bonds is 11. The summed E-state index contributed by atoms with van der Waals surface area (Å²) in [4.78, 5) is 12.8. The van der Waals surface area contributed by atoms with Crippen LogP contribution in [0.3, 0.4) is 0 Å². The SMILES string of the molecule is COCCOCCCN(CCC(=O)O)c1ccccc1N. The van der Waals surface area contributed by atoms with Gasteiger partial charge in [0.05, 0.1) is 31.0 Å². The van der Waals surface area contributed by atoms with Gasteiger partial charge in [-0.05, 0) is 18.6 Å². The summed E-state index contributed by atoms with van der Waals surface area (Å²) < 4.78 is 10.3. The molecule has 0 fully saturated rings. The molecule has 0 bridgehead atoms. The molecule has 0 aliphatic rings. The maximum atomic E-state index is 10.8. The fraction of sp³-hybridized carbons (Fsp3) is 0.533. The van der Waals surface area contributed by atoms with Crippen molar-refractivity contribution in [2.75, 3.05) is 50.7 Å². The van der Waals surface area contributed by atoms with E-state index in [1.807, 2.05) is 29.2 Å². The number of nitrogens with zero attached hydrogens (tertiary/aromatic N) is 1. The molecule has 3 N–H and O–H groups in total. The zero-order valence-electron chi connectivity index (χ0n) is 12.5. The van der Waals surface area contributed by atoms with Gasteiger partial charge in [0.25, 0.3) is 0 Å². The number of hydrogen-bond donors (Lipinski definition) is 2. The van der Waals surface area contributed by atoms with Crippen molar-refractivity contribution in [3.63, 3.8) is 0 Å². The normalized spacial score (nSPS) is 10.5. The lowest BCUT2D eigenvalue weighted by Crippen LogP contribution is -2.28. The highest BCUT2D eigenvalue weighted by Gasteiger charge is 2.11. The van der Waals surface area contributed by atoms with Crippen LogP contribution in [0.1, 0.15) is 12.8 Å². The van der Waals surface area contributed by atoms with Crippen LogP contribution in [0.25, 0.3) is 0 Å². The second-order valence-corrected chi connectivity index (χ2v) is 4.65. The number of aliphatic carboxylic acids is 1. The molecule has 0 radical (unpaired) electrons. The molecule has 0 amide bonds. The maximum absolute atomic E-state index is 10.8. The molecule has 0 saturated heterocycles. The summed E-state index contributed by atoms with van der Waals surface area (Å²) in [6, 6.07) is 7.48. The third-order valence-electron chi connectivity index (χ3n) is 3.02. The first-order valence-corrected chi connectivity index (χ1v) is 7.03. The highest BCUT2D eigenvalue weighted by atomic mass is 16.5. The maximum Gasteiger partial charge on any atom is 0.305 e. The van der Waals surface area contributed by atoms with Crippen molar-refractivity contribution < 1.29 is 19.4 Å². The fourth-order valence-electron chi connectivity index (χ4n) is 1.96. The van der Waals surface area contributed by atoms with Crippen molar-refractivity contribution in [1.29, 1.82) is 0 Å². The lowest BCUT2D eigenvalue weighted by molar-refractivity contribution is -0.136. The number of carboxylic acids is 1. The minimum absolute atomic E-state index is 0.0822. The van der Waals surface area contributed by atoms with E-state index >= 15 is 0 Å². The van der Waals surface area contributed by atoms with Crippen molar-refractivity contribution in [2.24, 2.45) is 0 Å². The molecule has 0 saturated carbocycles. The van der Waals surface area contributed by atoms with Gasteiger partial charge in [-0.3, -0.25) is 4.79 Å². The number of carboxylic acid groups (broad SMARTS) is 1. The number of ether oxygens (including phenoxy) is 2. The molecule has 6 heteroatoms. The molecule has 1 aromatic rings. The number of nitrogens with two attached hydrogens (primary N) is 1. The van der Waals surface area contributed by atoms with Crippen molar-refractivity contribution in [2.45, 2.75) is 12.8 Å². The molecule has 0 heterocycles. The average Bonchev–Trinajstić information content (AvgIpc) is 2.46. The highest BCUT2D eigenvalue weighted by molar-refractivity contribution is 5.70. The van der Waals surface area contributed by atoms with Gasteiger partial charge in [0.15, 0.2) is 0 Å². The zero-order chi connectivity index (χ0) is 15.5. The number of anilines is 2. The van der Waals surface area contributed by atoms with Crippen molar-refractivity contribution in [3.05, 3.63) is 24.3 Å². The van der Waals surface area contributed by atoms with E-state index in [2.05, 4.69) is 0 Å². The van der Waals surface area contributed by atoms with Crippen LogP contribution >= 0.6 is 0 Å². The minimum Gasteiger partial charge on any atom is -0.481 e. The van der Waals surface area contributed by atoms with Crippen LogP contribution in [-0.2, 0) is 14.3 Å². The second kappa shape index (κ2) is 10.0. The summed E-state index contributed by atoms with van der Waals surface area (Å²) in [5, 5.41) is 8.85. The first-order valence-electron chi connectivity index (χ1n) is 7.03. The first-order chi connectivity index (χ1) is 10.1. The third-order valence-corrected chi connectivity index (χ3v) is 3.02. The Labute approximate surface area is 125 Å². The molecule has 118 valence electrons. The molecule has 0 aliphatic carbocycles. The van der Waals surface area contributed by atoms with Crippen LogP contribution in [0.15, 0.2) is 24.3 Å².